The zero-order valence-corrected chi connectivity index (χ0v) is 9.44. The quantitative estimate of drug-likeness (QED) is 0.911. The fraction of sp³-hybridized carbons (Fsp3) is 0.222. The van der Waals surface area contributed by atoms with Gasteiger partial charge in [0.2, 0.25) is 6.39 Å². The van der Waals surface area contributed by atoms with Gasteiger partial charge in [0, 0.05) is 17.2 Å². The topological polar surface area (TPSA) is 63.8 Å². The molecular weight excluding hydrogens is 260 g/mol. The van der Waals surface area contributed by atoms with Gasteiger partial charge in [-0.15, -0.1) is 0 Å². The summed E-state index contributed by atoms with van der Waals surface area (Å²) in [5, 5.41) is 6.85. The third-order valence-electron chi connectivity index (χ3n) is 1.78. The Morgan fingerprint density at radius 1 is 1.27 bits per heavy atom. The summed E-state index contributed by atoms with van der Waals surface area (Å²) in [7, 11) is 0. The lowest BCUT2D eigenvalue weighted by atomic mass is 10.3. The Morgan fingerprint density at radius 2 is 2.20 bits per heavy atom. The molecule has 2 aromatic heterocycles. The lowest BCUT2D eigenvalue weighted by molar-refractivity contribution is 0.407. The van der Waals surface area contributed by atoms with E-state index < -0.39 is 0 Å². The van der Waals surface area contributed by atoms with Crippen LogP contribution in [0.4, 0.5) is 0 Å². The van der Waals surface area contributed by atoms with E-state index in [0.29, 0.717) is 18.9 Å². The molecule has 0 aliphatic heterocycles. The smallest absolute Gasteiger partial charge is 0.213 e. The van der Waals surface area contributed by atoms with Crippen molar-refractivity contribution in [3.05, 3.63) is 40.7 Å². The molecule has 0 atom stereocenters. The summed E-state index contributed by atoms with van der Waals surface area (Å²) in [5.41, 5.74) is 0.974. The van der Waals surface area contributed by atoms with E-state index in [4.69, 9.17) is 0 Å². The largest absolute Gasteiger partial charge is 0.343 e. The van der Waals surface area contributed by atoms with E-state index in [1.807, 2.05) is 12.1 Å². The minimum Gasteiger partial charge on any atom is -0.343 e. The molecule has 0 bridgehead atoms. The zero-order chi connectivity index (χ0) is 10.5. The van der Waals surface area contributed by atoms with Gasteiger partial charge in [-0.05, 0) is 28.1 Å². The average molecular weight is 269 g/mol. The molecule has 0 radical (unpaired) electrons. The number of hydrogen-bond acceptors (Lipinski definition) is 5. The highest BCUT2D eigenvalue weighted by Crippen LogP contribution is 2.07. The van der Waals surface area contributed by atoms with Gasteiger partial charge in [-0.1, -0.05) is 5.16 Å². The van der Waals surface area contributed by atoms with Crippen LogP contribution in [0.3, 0.4) is 0 Å². The van der Waals surface area contributed by atoms with E-state index in [1.54, 1.807) is 6.20 Å². The van der Waals surface area contributed by atoms with E-state index >= 15 is 0 Å². The van der Waals surface area contributed by atoms with Crippen molar-refractivity contribution in [2.24, 2.45) is 0 Å². The molecule has 0 saturated carbocycles. The van der Waals surface area contributed by atoms with Gasteiger partial charge in [0.1, 0.15) is 0 Å². The molecule has 15 heavy (non-hydrogen) atoms. The number of halogens is 1. The van der Waals surface area contributed by atoms with Crippen LogP contribution < -0.4 is 5.32 Å². The number of pyridine rings is 1. The van der Waals surface area contributed by atoms with Gasteiger partial charge in [0.25, 0.3) is 0 Å². The number of aromatic nitrogens is 3. The molecule has 6 heteroatoms. The summed E-state index contributed by atoms with van der Waals surface area (Å²) < 4.78 is 5.59. The summed E-state index contributed by atoms with van der Waals surface area (Å²) in [6.07, 6.45) is 3.08. The van der Waals surface area contributed by atoms with Crippen molar-refractivity contribution in [3.63, 3.8) is 0 Å². The predicted octanol–water partition coefficient (Wildman–Crippen LogP) is 1.52. The molecule has 0 aromatic carbocycles. The lowest BCUT2D eigenvalue weighted by Crippen LogP contribution is -2.14. The van der Waals surface area contributed by atoms with Crippen molar-refractivity contribution in [2.45, 2.75) is 13.1 Å². The molecule has 0 aliphatic rings. The summed E-state index contributed by atoms with van der Waals surface area (Å²) in [5.74, 6) is 0.645. The van der Waals surface area contributed by atoms with Gasteiger partial charge >= 0.3 is 0 Å². The second-order valence-corrected chi connectivity index (χ2v) is 3.83. The lowest BCUT2D eigenvalue weighted by Gasteiger charge is -2.00. The molecular formula is C9H9BrN4O. The van der Waals surface area contributed by atoms with Crippen LogP contribution in [0.5, 0.6) is 0 Å². The molecule has 5 nitrogen and oxygen atoms in total. The van der Waals surface area contributed by atoms with Gasteiger partial charge in [-0.2, -0.15) is 4.98 Å². The van der Waals surface area contributed by atoms with Crippen molar-refractivity contribution < 1.29 is 4.52 Å². The van der Waals surface area contributed by atoms with Crippen LogP contribution in [0.2, 0.25) is 0 Å². The first-order valence-electron chi connectivity index (χ1n) is 4.41. The van der Waals surface area contributed by atoms with Crippen molar-refractivity contribution in [3.8, 4) is 0 Å². The van der Waals surface area contributed by atoms with E-state index in [0.717, 1.165) is 10.2 Å². The summed E-state index contributed by atoms with van der Waals surface area (Å²) >= 11 is 3.33. The molecule has 0 amide bonds. The monoisotopic (exact) mass is 268 g/mol. The highest BCUT2D eigenvalue weighted by molar-refractivity contribution is 9.10. The van der Waals surface area contributed by atoms with Crippen molar-refractivity contribution >= 4 is 15.9 Å². The Balaban J connectivity index is 1.81. The van der Waals surface area contributed by atoms with Gasteiger partial charge in [0.05, 0.1) is 12.2 Å². The Labute approximate surface area is 95.0 Å². The zero-order valence-electron chi connectivity index (χ0n) is 7.85. The molecule has 0 unspecified atom stereocenters. The molecule has 1 N–H and O–H groups in total. The Hall–Kier alpha value is -1.27. The summed E-state index contributed by atoms with van der Waals surface area (Å²) in [6, 6.07) is 3.91. The van der Waals surface area contributed by atoms with Crippen LogP contribution in [0.1, 0.15) is 11.5 Å². The molecule has 78 valence electrons. The third-order valence-corrected chi connectivity index (χ3v) is 2.25. The van der Waals surface area contributed by atoms with Crippen molar-refractivity contribution in [2.75, 3.05) is 0 Å². The highest BCUT2D eigenvalue weighted by Gasteiger charge is 1.98. The Morgan fingerprint density at radius 3 is 2.87 bits per heavy atom. The first-order valence-corrected chi connectivity index (χ1v) is 5.20. The number of rotatable bonds is 4. The molecule has 2 heterocycles. The fourth-order valence-corrected chi connectivity index (χ4v) is 1.32. The standard InChI is InChI=1S/C9H9BrN4O/c10-7-1-2-8(12-3-7)4-11-5-9-13-6-15-14-9/h1-3,6,11H,4-5H2. The van der Waals surface area contributed by atoms with Crippen LogP contribution in [0, 0.1) is 0 Å². The Kier molecular flexibility index (Phi) is 3.41. The van der Waals surface area contributed by atoms with Crippen molar-refractivity contribution in [1.82, 2.24) is 20.4 Å². The van der Waals surface area contributed by atoms with Crippen LogP contribution >= 0.6 is 15.9 Å². The normalized spacial score (nSPS) is 10.5. The molecule has 2 rings (SSSR count). The molecule has 0 aliphatic carbocycles. The summed E-state index contributed by atoms with van der Waals surface area (Å²) in [4.78, 5) is 8.12. The van der Waals surface area contributed by atoms with Gasteiger partial charge < -0.3 is 9.84 Å². The SMILES string of the molecule is Brc1ccc(CNCc2ncon2)nc1. The minimum atomic E-state index is 0.578. The maximum atomic E-state index is 4.61. The molecule has 0 fully saturated rings. The van der Waals surface area contributed by atoms with Crippen molar-refractivity contribution in [1.29, 1.82) is 0 Å². The number of nitrogens with one attached hydrogen (secondary N) is 1. The Bertz CT molecular complexity index is 401. The van der Waals surface area contributed by atoms with E-state index in [9.17, 15) is 0 Å². The average Bonchev–Trinajstić information content (AvgIpc) is 2.74. The third kappa shape index (κ3) is 3.10. The van der Waals surface area contributed by atoms with Crippen LogP contribution in [-0.4, -0.2) is 15.1 Å². The van der Waals surface area contributed by atoms with Crippen LogP contribution in [0.15, 0.2) is 33.7 Å². The van der Waals surface area contributed by atoms with Gasteiger partial charge in [-0.25, -0.2) is 0 Å². The highest BCUT2D eigenvalue weighted by atomic mass is 79.9. The predicted molar refractivity (Wildman–Crippen MR) is 56.8 cm³/mol. The molecule has 0 saturated heterocycles. The van der Waals surface area contributed by atoms with E-state index in [1.165, 1.54) is 6.39 Å². The summed E-state index contributed by atoms with van der Waals surface area (Å²) in [6.45, 7) is 1.26. The molecule has 0 spiro atoms. The minimum absolute atomic E-state index is 0.578. The maximum absolute atomic E-state index is 4.61. The van der Waals surface area contributed by atoms with Gasteiger partial charge in [0.15, 0.2) is 5.82 Å². The fourth-order valence-electron chi connectivity index (χ4n) is 1.08. The second-order valence-electron chi connectivity index (χ2n) is 2.92. The van der Waals surface area contributed by atoms with E-state index in [2.05, 4.69) is 40.9 Å². The number of hydrogen-bond donors (Lipinski definition) is 1. The van der Waals surface area contributed by atoms with Crippen LogP contribution in [0.25, 0.3) is 0 Å². The van der Waals surface area contributed by atoms with Crippen LogP contribution in [-0.2, 0) is 13.1 Å². The molecule has 2 aromatic rings. The first kappa shape index (κ1) is 10.3. The number of nitrogens with zero attached hydrogens (tertiary/aromatic N) is 3. The van der Waals surface area contributed by atoms with Gasteiger partial charge in [-0.3, -0.25) is 4.98 Å². The van der Waals surface area contributed by atoms with E-state index in [-0.39, 0.29) is 0 Å². The first-order chi connectivity index (χ1) is 7.34. The maximum Gasteiger partial charge on any atom is 0.213 e. The second kappa shape index (κ2) is 4.99.